The van der Waals surface area contributed by atoms with Crippen LogP contribution in [-0.4, -0.2) is 22.5 Å². The van der Waals surface area contributed by atoms with Gasteiger partial charge in [-0.05, 0) is 66.0 Å². The van der Waals surface area contributed by atoms with Crippen LogP contribution in [0, 0.1) is 6.92 Å². The smallest absolute Gasteiger partial charge is 0.282 e. The number of aryl methyl sites for hydroxylation is 1. The first kappa shape index (κ1) is 28.3. The van der Waals surface area contributed by atoms with Crippen LogP contribution in [0.15, 0.2) is 67.4 Å². The Balaban J connectivity index is 1.76. The molecule has 0 radical (unpaired) electrons. The summed E-state index contributed by atoms with van der Waals surface area (Å²) in [5, 5.41) is 5.42. The highest BCUT2D eigenvalue weighted by molar-refractivity contribution is 9.10. The van der Waals surface area contributed by atoms with Gasteiger partial charge in [-0.1, -0.05) is 71.2 Å². The van der Waals surface area contributed by atoms with Gasteiger partial charge >= 0.3 is 0 Å². The summed E-state index contributed by atoms with van der Waals surface area (Å²) in [6.45, 7) is 8.78. The first-order valence-corrected chi connectivity index (χ1v) is 14.3. The number of fused-ring (bicyclic) bond motifs is 1. The second-order valence-electron chi connectivity index (χ2n) is 8.93. The molecular weight excluding hydrogens is 634 g/mol. The van der Waals surface area contributed by atoms with Crippen molar-refractivity contribution in [3.63, 3.8) is 0 Å². The SMILES string of the molecule is CCOc1cc(C=Nn2c([C@H](C)CC)nc3ccc(Br)cc3c2=O)c(Br)c(Cl)c1OCc1ccc(C)cc1. The molecule has 0 amide bonds. The maximum atomic E-state index is 13.5. The Labute approximate surface area is 243 Å². The average Bonchev–Trinajstić information content (AvgIpc) is 2.91. The molecule has 3 aromatic carbocycles. The van der Waals surface area contributed by atoms with Crippen molar-refractivity contribution in [2.45, 2.75) is 46.6 Å². The highest BCUT2D eigenvalue weighted by atomic mass is 79.9. The van der Waals surface area contributed by atoms with E-state index in [0.29, 0.717) is 56.5 Å². The lowest BCUT2D eigenvalue weighted by Gasteiger charge is -2.17. The molecule has 4 rings (SSSR count). The third kappa shape index (κ3) is 6.14. The molecule has 1 aromatic heterocycles. The third-order valence-electron chi connectivity index (χ3n) is 6.16. The van der Waals surface area contributed by atoms with E-state index < -0.39 is 0 Å². The van der Waals surface area contributed by atoms with Crippen LogP contribution >= 0.6 is 43.5 Å². The number of ether oxygens (including phenoxy) is 2. The molecule has 0 spiro atoms. The highest BCUT2D eigenvalue weighted by Crippen LogP contribution is 2.42. The minimum atomic E-state index is -0.242. The van der Waals surface area contributed by atoms with Gasteiger partial charge < -0.3 is 9.47 Å². The van der Waals surface area contributed by atoms with Crippen LogP contribution in [0.5, 0.6) is 11.5 Å². The first-order valence-electron chi connectivity index (χ1n) is 12.3. The summed E-state index contributed by atoms with van der Waals surface area (Å²) in [4.78, 5) is 18.2. The van der Waals surface area contributed by atoms with Crippen molar-refractivity contribution in [1.29, 1.82) is 0 Å². The zero-order chi connectivity index (χ0) is 27.4. The molecule has 0 aliphatic heterocycles. The van der Waals surface area contributed by atoms with Gasteiger partial charge in [-0.2, -0.15) is 9.78 Å². The van der Waals surface area contributed by atoms with Gasteiger partial charge in [0.25, 0.3) is 5.56 Å². The summed E-state index contributed by atoms with van der Waals surface area (Å²) in [7, 11) is 0. The van der Waals surface area contributed by atoms with Crippen LogP contribution in [0.25, 0.3) is 10.9 Å². The molecule has 0 aliphatic rings. The maximum absolute atomic E-state index is 13.5. The van der Waals surface area contributed by atoms with Gasteiger partial charge in [0, 0.05) is 20.4 Å². The molecule has 0 unspecified atom stereocenters. The Morgan fingerprint density at radius 1 is 1.11 bits per heavy atom. The second-order valence-corrected chi connectivity index (χ2v) is 11.0. The van der Waals surface area contributed by atoms with E-state index in [2.05, 4.69) is 43.9 Å². The van der Waals surface area contributed by atoms with Crippen LogP contribution in [0.1, 0.15) is 55.6 Å². The van der Waals surface area contributed by atoms with Gasteiger partial charge in [-0.15, -0.1) is 0 Å². The molecule has 198 valence electrons. The van der Waals surface area contributed by atoms with E-state index in [1.807, 2.05) is 57.2 Å². The van der Waals surface area contributed by atoms with Gasteiger partial charge in [0.05, 0.1) is 23.7 Å². The summed E-state index contributed by atoms with van der Waals surface area (Å²) in [5.74, 6) is 1.54. The van der Waals surface area contributed by atoms with Crippen LogP contribution in [0.4, 0.5) is 0 Å². The van der Waals surface area contributed by atoms with Crippen LogP contribution in [0.3, 0.4) is 0 Å². The van der Waals surface area contributed by atoms with Crippen molar-refractivity contribution in [3.05, 3.63) is 95.4 Å². The summed E-state index contributed by atoms with van der Waals surface area (Å²) in [6.07, 6.45) is 2.39. The molecule has 4 aromatic rings. The molecule has 0 fully saturated rings. The Hall–Kier alpha value is -2.68. The van der Waals surface area contributed by atoms with E-state index >= 15 is 0 Å². The normalized spacial score (nSPS) is 12.3. The van der Waals surface area contributed by atoms with E-state index in [4.69, 9.17) is 26.1 Å². The summed E-state index contributed by atoms with van der Waals surface area (Å²) >= 11 is 13.8. The maximum Gasteiger partial charge on any atom is 0.282 e. The number of halogens is 3. The molecular formula is C29H28Br2ClN3O3. The monoisotopic (exact) mass is 659 g/mol. The van der Waals surface area contributed by atoms with Crippen LogP contribution < -0.4 is 15.0 Å². The third-order valence-corrected chi connectivity index (χ3v) is 8.09. The number of rotatable bonds is 9. The number of hydrogen-bond donors (Lipinski definition) is 0. The second kappa shape index (κ2) is 12.5. The largest absolute Gasteiger partial charge is 0.490 e. The van der Waals surface area contributed by atoms with Crippen LogP contribution in [0.2, 0.25) is 5.02 Å². The van der Waals surface area contributed by atoms with Crippen molar-refractivity contribution in [1.82, 2.24) is 9.66 Å². The van der Waals surface area contributed by atoms with Crippen molar-refractivity contribution in [2.24, 2.45) is 5.10 Å². The first-order chi connectivity index (χ1) is 18.2. The topological polar surface area (TPSA) is 65.7 Å². The van der Waals surface area contributed by atoms with Crippen LogP contribution in [-0.2, 0) is 6.61 Å². The van der Waals surface area contributed by atoms with Crippen molar-refractivity contribution in [3.8, 4) is 11.5 Å². The quantitative estimate of drug-likeness (QED) is 0.170. The summed E-state index contributed by atoms with van der Waals surface area (Å²) in [6, 6.07) is 15.4. The zero-order valence-corrected chi connectivity index (χ0v) is 25.5. The van der Waals surface area contributed by atoms with E-state index in [1.165, 1.54) is 10.2 Å². The summed E-state index contributed by atoms with van der Waals surface area (Å²) in [5.41, 5.74) is 3.23. The Morgan fingerprint density at radius 2 is 1.84 bits per heavy atom. The lowest BCUT2D eigenvalue weighted by atomic mass is 10.1. The standard InChI is InChI=1S/C29H28Br2ClN3O3/c1-5-18(4)28-34-23-12-11-21(30)14-22(23)29(36)35(28)33-15-20-13-24(37-6-2)27(26(32)25(20)31)38-16-19-9-7-17(3)8-10-19/h7-15,18H,5-6,16H2,1-4H3/t18-/m1/s1. The molecule has 0 N–H and O–H groups in total. The van der Waals surface area contributed by atoms with E-state index in [9.17, 15) is 4.79 Å². The highest BCUT2D eigenvalue weighted by Gasteiger charge is 2.19. The number of benzene rings is 3. The molecule has 0 saturated carbocycles. The minimum Gasteiger partial charge on any atom is -0.490 e. The molecule has 0 aliphatic carbocycles. The van der Waals surface area contributed by atoms with Crippen molar-refractivity contribution < 1.29 is 9.47 Å². The molecule has 1 heterocycles. The average molecular weight is 662 g/mol. The van der Waals surface area contributed by atoms with Gasteiger partial charge in [0.1, 0.15) is 17.5 Å². The Bertz CT molecular complexity index is 1550. The Kier molecular flexibility index (Phi) is 9.28. The molecule has 0 saturated heterocycles. The fourth-order valence-electron chi connectivity index (χ4n) is 3.83. The van der Waals surface area contributed by atoms with Gasteiger partial charge in [0.2, 0.25) is 0 Å². The fourth-order valence-corrected chi connectivity index (χ4v) is 4.85. The molecule has 0 bridgehead atoms. The fraction of sp³-hybridized carbons (Fsp3) is 0.276. The summed E-state index contributed by atoms with van der Waals surface area (Å²) < 4.78 is 14.7. The van der Waals surface area contributed by atoms with E-state index in [0.717, 1.165) is 16.5 Å². The minimum absolute atomic E-state index is 0.0245. The van der Waals surface area contributed by atoms with Crippen molar-refractivity contribution in [2.75, 3.05) is 6.61 Å². The number of aromatic nitrogens is 2. The zero-order valence-electron chi connectivity index (χ0n) is 21.6. The van der Waals surface area contributed by atoms with E-state index in [1.54, 1.807) is 18.3 Å². The van der Waals surface area contributed by atoms with E-state index in [-0.39, 0.29) is 11.5 Å². The van der Waals surface area contributed by atoms with Crippen molar-refractivity contribution >= 4 is 60.6 Å². The molecule has 9 heteroatoms. The van der Waals surface area contributed by atoms with Gasteiger partial charge in [-0.3, -0.25) is 4.79 Å². The number of hydrogen-bond acceptors (Lipinski definition) is 5. The predicted molar refractivity (Wildman–Crippen MR) is 161 cm³/mol. The molecule has 38 heavy (non-hydrogen) atoms. The lowest BCUT2D eigenvalue weighted by Crippen LogP contribution is -2.23. The lowest BCUT2D eigenvalue weighted by molar-refractivity contribution is 0.269. The predicted octanol–water partition coefficient (Wildman–Crippen LogP) is 8.26. The van der Waals surface area contributed by atoms with Gasteiger partial charge in [0.15, 0.2) is 11.5 Å². The Morgan fingerprint density at radius 3 is 2.53 bits per heavy atom. The molecule has 1 atom stereocenters. The molecule has 6 nitrogen and oxygen atoms in total. The van der Waals surface area contributed by atoms with Gasteiger partial charge in [-0.25, -0.2) is 4.98 Å². The number of nitrogens with zero attached hydrogens (tertiary/aromatic N) is 3.